The lowest BCUT2D eigenvalue weighted by molar-refractivity contribution is -0.119. The first-order valence-electron chi connectivity index (χ1n) is 11.6. The molecule has 0 spiro atoms. The zero-order valence-electron chi connectivity index (χ0n) is 20.1. The SMILES string of the molecule is Cc1ccc(S(=O)(=O)N2CCC(c3nc(C(=O)NC(Cc4ccc(O)cc4)C(N)=O)cs3)CC2)cc1Cl. The molecule has 4 N–H and O–H groups in total. The number of benzene rings is 2. The average Bonchev–Trinajstić information content (AvgIpc) is 3.37. The van der Waals surface area contributed by atoms with E-state index in [0.29, 0.717) is 31.0 Å². The van der Waals surface area contributed by atoms with E-state index >= 15 is 0 Å². The molecule has 2 heterocycles. The number of amides is 2. The summed E-state index contributed by atoms with van der Waals surface area (Å²) in [5, 5.41) is 14.8. The smallest absolute Gasteiger partial charge is 0.271 e. The maximum atomic E-state index is 13.0. The number of aromatic hydroxyl groups is 1. The van der Waals surface area contributed by atoms with Gasteiger partial charge in [-0.25, -0.2) is 13.4 Å². The van der Waals surface area contributed by atoms with E-state index in [1.807, 2.05) is 6.92 Å². The Labute approximate surface area is 224 Å². The first-order chi connectivity index (χ1) is 17.5. The summed E-state index contributed by atoms with van der Waals surface area (Å²) >= 11 is 7.46. The third kappa shape index (κ3) is 6.30. The highest BCUT2D eigenvalue weighted by Crippen LogP contribution is 2.33. The van der Waals surface area contributed by atoms with Gasteiger partial charge in [-0.2, -0.15) is 4.31 Å². The molecule has 3 aromatic rings. The Morgan fingerprint density at radius 1 is 1.22 bits per heavy atom. The molecule has 1 aromatic heterocycles. The normalized spacial score (nSPS) is 15.8. The molecule has 4 rings (SSSR count). The number of phenols is 1. The van der Waals surface area contributed by atoms with Gasteiger partial charge >= 0.3 is 0 Å². The largest absolute Gasteiger partial charge is 0.508 e. The maximum absolute atomic E-state index is 13.0. The zero-order chi connectivity index (χ0) is 26.7. The predicted molar refractivity (Wildman–Crippen MR) is 141 cm³/mol. The summed E-state index contributed by atoms with van der Waals surface area (Å²) in [4.78, 5) is 29.3. The number of carbonyl (C=O) groups is 2. The van der Waals surface area contributed by atoms with Gasteiger partial charge in [0.25, 0.3) is 5.91 Å². The molecule has 2 amide bonds. The summed E-state index contributed by atoms with van der Waals surface area (Å²) in [6.45, 7) is 2.47. The van der Waals surface area contributed by atoms with Crippen LogP contribution in [-0.4, -0.2) is 53.8 Å². The van der Waals surface area contributed by atoms with Gasteiger partial charge in [0, 0.05) is 35.8 Å². The lowest BCUT2D eigenvalue weighted by atomic mass is 9.99. The molecule has 1 saturated heterocycles. The van der Waals surface area contributed by atoms with Crippen LogP contribution >= 0.6 is 22.9 Å². The number of primary amides is 1. The van der Waals surface area contributed by atoms with Crippen LogP contribution in [0, 0.1) is 6.92 Å². The van der Waals surface area contributed by atoms with Crippen molar-refractivity contribution in [1.82, 2.24) is 14.6 Å². The first-order valence-corrected chi connectivity index (χ1v) is 14.3. The number of halogens is 1. The fourth-order valence-corrected chi connectivity index (χ4v) is 6.84. The number of piperidine rings is 1. The van der Waals surface area contributed by atoms with Crippen LogP contribution in [0.25, 0.3) is 0 Å². The molecule has 2 aromatic carbocycles. The van der Waals surface area contributed by atoms with Crippen LogP contribution in [-0.2, 0) is 21.2 Å². The first kappa shape index (κ1) is 27.1. The summed E-state index contributed by atoms with van der Waals surface area (Å²) < 4.78 is 27.5. The van der Waals surface area contributed by atoms with E-state index in [4.69, 9.17) is 17.3 Å². The zero-order valence-corrected chi connectivity index (χ0v) is 22.4. The van der Waals surface area contributed by atoms with Crippen molar-refractivity contribution in [3.63, 3.8) is 0 Å². The highest BCUT2D eigenvalue weighted by Gasteiger charge is 2.32. The van der Waals surface area contributed by atoms with Gasteiger partial charge in [-0.15, -0.1) is 11.3 Å². The summed E-state index contributed by atoms with van der Waals surface area (Å²) in [6.07, 6.45) is 1.31. The third-order valence-electron chi connectivity index (χ3n) is 6.36. The van der Waals surface area contributed by atoms with Crippen molar-refractivity contribution in [1.29, 1.82) is 0 Å². The lowest BCUT2D eigenvalue weighted by Crippen LogP contribution is -2.46. The van der Waals surface area contributed by atoms with Gasteiger partial charge in [-0.1, -0.05) is 29.8 Å². The number of nitrogens with two attached hydrogens (primary N) is 1. The number of hydrogen-bond donors (Lipinski definition) is 3. The van der Waals surface area contributed by atoms with E-state index in [2.05, 4.69) is 10.3 Å². The Morgan fingerprint density at radius 2 is 1.89 bits per heavy atom. The van der Waals surface area contributed by atoms with Crippen LogP contribution in [0.5, 0.6) is 5.75 Å². The van der Waals surface area contributed by atoms with E-state index in [9.17, 15) is 23.1 Å². The molecule has 0 radical (unpaired) electrons. The topological polar surface area (TPSA) is 143 Å². The Bertz CT molecular complexity index is 1400. The van der Waals surface area contributed by atoms with E-state index < -0.39 is 27.9 Å². The van der Waals surface area contributed by atoms with Crippen molar-refractivity contribution in [2.45, 2.75) is 43.0 Å². The van der Waals surface area contributed by atoms with Crippen LogP contribution in [0.4, 0.5) is 0 Å². The van der Waals surface area contributed by atoms with Gasteiger partial charge in [-0.05, 0) is 55.2 Å². The number of thiazole rings is 1. The molecule has 9 nitrogen and oxygen atoms in total. The van der Waals surface area contributed by atoms with E-state index in [1.165, 1.54) is 33.8 Å². The Balaban J connectivity index is 1.37. The Hall–Kier alpha value is -2.99. The molecule has 0 aliphatic carbocycles. The molecule has 1 fully saturated rings. The average molecular weight is 563 g/mol. The Morgan fingerprint density at radius 3 is 2.51 bits per heavy atom. The van der Waals surface area contributed by atoms with Gasteiger partial charge < -0.3 is 16.2 Å². The van der Waals surface area contributed by atoms with E-state index in [-0.39, 0.29) is 28.7 Å². The van der Waals surface area contributed by atoms with Crippen molar-refractivity contribution in [2.75, 3.05) is 13.1 Å². The molecule has 196 valence electrons. The molecule has 1 unspecified atom stereocenters. The highest BCUT2D eigenvalue weighted by atomic mass is 35.5. The molecule has 1 atom stereocenters. The fraction of sp³-hybridized carbons (Fsp3) is 0.320. The number of aromatic nitrogens is 1. The summed E-state index contributed by atoms with van der Waals surface area (Å²) in [5.74, 6) is -1.08. The summed E-state index contributed by atoms with van der Waals surface area (Å²) in [5.41, 5.74) is 7.21. The molecule has 1 aliphatic rings. The minimum Gasteiger partial charge on any atom is -0.508 e. The van der Waals surface area contributed by atoms with Crippen molar-refractivity contribution in [3.8, 4) is 5.75 Å². The molecule has 0 saturated carbocycles. The van der Waals surface area contributed by atoms with E-state index in [0.717, 1.165) is 16.1 Å². The summed E-state index contributed by atoms with van der Waals surface area (Å²) in [7, 11) is -3.65. The van der Waals surface area contributed by atoms with Crippen molar-refractivity contribution >= 4 is 44.8 Å². The fourth-order valence-electron chi connectivity index (χ4n) is 4.13. The van der Waals surface area contributed by atoms with Gasteiger partial charge in [0.05, 0.1) is 9.90 Å². The number of nitrogens with zero attached hydrogens (tertiary/aromatic N) is 2. The van der Waals surface area contributed by atoms with Crippen molar-refractivity contribution in [3.05, 3.63) is 74.7 Å². The quantitative estimate of drug-likeness (QED) is 0.385. The number of aryl methyl sites for hydroxylation is 1. The monoisotopic (exact) mass is 562 g/mol. The standard InChI is InChI=1S/C25H27ClN4O5S2/c1-15-2-7-19(13-20(15)26)37(34,35)30-10-8-17(9-11-30)25-29-22(14-36-25)24(33)28-21(23(27)32)12-16-3-5-18(31)6-4-16/h2-7,13-14,17,21,31H,8-12H2,1H3,(H2,27,32)(H,28,33). The molecule has 12 heteroatoms. The maximum Gasteiger partial charge on any atom is 0.271 e. The number of hydrogen-bond acceptors (Lipinski definition) is 7. The Kier molecular flexibility index (Phi) is 8.17. The molecule has 1 aliphatic heterocycles. The van der Waals surface area contributed by atoms with Crippen LogP contribution in [0.2, 0.25) is 5.02 Å². The number of sulfonamides is 1. The molecule has 0 bridgehead atoms. The van der Waals surface area contributed by atoms with Gasteiger partial charge in [0.1, 0.15) is 17.5 Å². The van der Waals surface area contributed by atoms with Gasteiger partial charge in [-0.3, -0.25) is 9.59 Å². The minimum absolute atomic E-state index is 0.0172. The van der Waals surface area contributed by atoms with Crippen molar-refractivity contribution in [2.24, 2.45) is 5.73 Å². The molecule has 37 heavy (non-hydrogen) atoms. The van der Waals surface area contributed by atoms with Crippen LogP contribution in [0.3, 0.4) is 0 Å². The third-order valence-corrected chi connectivity index (χ3v) is 9.67. The second-order valence-electron chi connectivity index (χ2n) is 8.96. The highest BCUT2D eigenvalue weighted by molar-refractivity contribution is 7.89. The van der Waals surface area contributed by atoms with Crippen LogP contribution < -0.4 is 11.1 Å². The van der Waals surface area contributed by atoms with E-state index in [1.54, 1.807) is 29.6 Å². The second-order valence-corrected chi connectivity index (χ2v) is 12.2. The summed E-state index contributed by atoms with van der Waals surface area (Å²) in [6, 6.07) is 10.1. The number of nitrogens with one attached hydrogen (secondary N) is 1. The number of carbonyl (C=O) groups excluding carboxylic acids is 2. The van der Waals surface area contributed by atoms with Crippen molar-refractivity contribution < 1.29 is 23.1 Å². The minimum atomic E-state index is -3.65. The number of rotatable bonds is 8. The predicted octanol–water partition coefficient (Wildman–Crippen LogP) is 3.21. The number of phenolic OH excluding ortho intramolecular Hbond substituents is 1. The molecular formula is C25H27ClN4O5S2. The van der Waals surface area contributed by atoms with Crippen LogP contribution in [0.1, 0.15) is 45.4 Å². The van der Waals surface area contributed by atoms with Crippen LogP contribution in [0.15, 0.2) is 52.7 Å². The lowest BCUT2D eigenvalue weighted by Gasteiger charge is -2.30. The second kappa shape index (κ2) is 11.2. The molecular weight excluding hydrogens is 536 g/mol. The van der Waals surface area contributed by atoms with Gasteiger partial charge in [0.2, 0.25) is 15.9 Å². The van der Waals surface area contributed by atoms with Gasteiger partial charge in [0.15, 0.2) is 0 Å².